The van der Waals surface area contributed by atoms with Crippen LogP contribution in [-0.4, -0.2) is 52.1 Å². The summed E-state index contributed by atoms with van der Waals surface area (Å²) in [5, 5.41) is 25.6. The van der Waals surface area contributed by atoms with E-state index in [-0.39, 0.29) is 6.42 Å². The first-order valence-corrected chi connectivity index (χ1v) is 14.0. The van der Waals surface area contributed by atoms with E-state index in [2.05, 4.69) is 47.6 Å². The molecule has 0 aliphatic carbocycles. The number of hydrazine groups is 1. The lowest BCUT2D eigenvalue weighted by Crippen LogP contribution is -2.31. The van der Waals surface area contributed by atoms with Crippen LogP contribution in [0.1, 0.15) is 29.9 Å². The quantitative estimate of drug-likeness (QED) is 0.0596. The molecule has 2 heterocycles. The van der Waals surface area contributed by atoms with E-state index in [1.807, 2.05) is 19.2 Å². The summed E-state index contributed by atoms with van der Waals surface area (Å²) in [4.78, 5) is 37.6. The molecular weight excluding hydrogens is 600 g/mol. The predicted octanol–water partition coefficient (Wildman–Crippen LogP) is 3.92. The van der Waals surface area contributed by atoms with E-state index in [4.69, 9.17) is 17.4 Å². The van der Waals surface area contributed by atoms with Crippen molar-refractivity contribution in [1.29, 1.82) is 0 Å². The SMILES string of the molecule is C=N/N=C\N(N)c1ccc(Cl)cc1/C=C/C(=O)N[C@@H](Cc1ccn(CC)n1)c1cc(-c2ccc(NC(=O)OC)cc2)c(=O)[nH]n1. The summed E-state index contributed by atoms with van der Waals surface area (Å²) in [5.41, 5.74) is 3.13. The van der Waals surface area contributed by atoms with Crippen molar-refractivity contribution < 1.29 is 14.3 Å². The fourth-order valence-corrected chi connectivity index (χ4v) is 4.46. The average Bonchev–Trinajstić information content (AvgIpc) is 3.50. The van der Waals surface area contributed by atoms with Crippen molar-refractivity contribution in [2.24, 2.45) is 16.0 Å². The number of amides is 2. The number of nitrogens with zero attached hydrogens (tertiary/aromatic N) is 6. The minimum absolute atomic E-state index is 0.289. The van der Waals surface area contributed by atoms with Gasteiger partial charge >= 0.3 is 6.09 Å². The minimum Gasteiger partial charge on any atom is -0.453 e. The van der Waals surface area contributed by atoms with Gasteiger partial charge in [0.1, 0.15) is 6.34 Å². The van der Waals surface area contributed by atoms with Gasteiger partial charge in [0.05, 0.1) is 35.8 Å². The Kier molecular flexibility index (Phi) is 10.9. The Morgan fingerprint density at radius 1 is 1.22 bits per heavy atom. The molecule has 0 aliphatic heterocycles. The molecular formula is C30H31ClN10O4. The molecule has 0 unspecified atom stereocenters. The smallest absolute Gasteiger partial charge is 0.411 e. The molecule has 5 N–H and O–H groups in total. The summed E-state index contributed by atoms with van der Waals surface area (Å²) >= 11 is 6.20. The number of hydrogen-bond acceptors (Lipinski definition) is 9. The van der Waals surface area contributed by atoms with Gasteiger partial charge in [-0.25, -0.2) is 15.7 Å². The van der Waals surface area contributed by atoms with E-state index in [0.29, 0.717) is 51.0 Å². The molecule has 14 nitrogen and oxygen atoms in total. The van der Waals surface area contributed by atoms with Crippen LogP contribution < -0.4 is 27.0 Å². The molecule has 45 heavy (non-hydrogen) atoms. The zero-order chi connectivity index (χ0) is 32.3. The number of anilines is 2. The maximum absolute atomic E-state index is 13.3. The first-order chi connectivity index (χ1) is 21.7. The molecule has 0 bridgehead atoms. The maximum Gasteiger partial charge on any atom is 0.411 e. The van der Waals surface area contributed by atoms with Crippen LogP contribution in [0.15, 0.2) is 81.9 Å². The maximum atomic E-state index is 13.3. The molecule has 0 radical (unpaired) electrons. The lowest BCUT2D eigenvalue weighted by Gasteiger charge is -2.17. The summed E-state index contributed by atoms with van der Waals surface area (Å²) < 4.78 is 6.39. The molecule has 0 spiro atoms. The zero-order valence-corrected chi connectivity index (χ0v) is 25.2. The Morgan fingerprint density at radius 2 is 2.00 bits per heavy atom. The second kappa shape index (κ2) is 15.2. The summed E-state index contributed by atoms with van der Waals surface area (Å²) in [6.45, 7) is 5.93. The second-order valence-electron chi connectivity index (χ2n) is 9.47. The van der Waals surface area contributed by atoms with Crippen LogP contribution in [-0.2, 0) is 22.5 Å². The number of hydrogen-bond donors (Lipinski definition) is 4. The Morgan fingerprint density at radius 3 is 2.69 bits per heavy atom. The minimum atomic E-state index is -0.672. The van der Waals surface area contributed by atoms with Crippen LogP contribution in [0.5, 0.6) is 0 Å². The van der Waals surface area contributed by atoms with Crippen molar-refractivity contribution in [1.82, 2.24) is 25.3 Å². The predicted molar refractivity (Wildman–Crippen MR) is 174 cm³/mol. The summed E-state index contributed by atoms with van der Waals surface area (Å²) in [6.07, 6.45) is 5.68. The van der Waals surface area contributed by atoms with E-state index >= 15 is 0 Å². The third kappa shape index (κ3) is 8.72. The van der Waals surface area contributed by atoms with Gasteiger partial charge in [-0.3, -0.25) is 24.6 Å². The number of H-pyrrole nitrogens is 1. The van der Waals surface area contributed by atoms with Crippen LogP contribution in [0.3, 0.4) is 0 Å². The van der Waals surface area contributed by atoms with Gasteiger partial charge in [-0.15, -0.1) is 5.10 Å². The summed E-state index contributed by atoms with van der Waals surface area (Å²) in [6, 6.07) is 14.4. The number of benzene rings is 2. The highest BCUT2D eigenvalue weighted by atomic mass is 35.5. The Hall–Kier alpha value is -5.60. The van der Waals surface area contributed by atoms with Crippen LogP contribution in [0.4, 0.5) is 16.2 Å². The van der Waals surface area contributed by atoms with Crippen molar-refractivity contribution in [3.63, 3.8) is 0 Å². The molecule has 4 rings (SSSR count). The van der Waals surface area contributed by atoms with Gasteiger partial charge in [-0.2, -0.15) is 15.3 Å². The van der Waals surface area contributed by atoms with E-state index < -0.39 is 23.6 Å². The summed E-state index contributed by atoms with van der Waals surface area (Å²) in [5.74, 6) is 5.61. The van der Waals surface area contributed by atoms with Gasteiger partial charge in [0.25, 0.3) is 5.56 Å². The van der Waals surface area contributed by atoms with E-state index in [1.165, 1.54) is 24.5 Å². The monoisotopic (exact) mass is 630 g/mol. The third-order valence-corrected chi connectivity index (χ3v) is 6.73. The van der Waals surface area contributed by atoms with E-state index in [0.717, 1.165) is 0 Å². The zero-order valence-electron chi connectivity index (χ0n) is 24.5. The average molecular weight is 631 g/mol. The van der Waals surface area contributed by atoms with Crippen LogP contribution in [0.2, 0.25) is 5.02 Å². The highest BCUT2D eigenvalue weighted by Crippen LogP contribution is 2.25. The van der Waals surface area contributed by atoms with Gasteiger partial charge in [0.2, 0.25) is 5.91 Å². The normalized spacial score (nSPS) is 11.8. The molecule has 2 aromatic carbocycles. The Labute approximate surface area is 263 Å². The van der Waals surface area contributed by atoms with Crippen molar-refractivity contribution in [3.05, 3.63) is 99.2 Å². The molecule has 0 saturated carbocycles. The number of carbonyl (C=O) groups is 2. The van der Waals surface area contributed by atoms with E-state index in [9.17, 15) is 14.4 Å². The Balaban J connectivity index is 1.63. The number of aromatic nitrogens is 4. The number of rotatable bonds is 12. The van der Waals surface area contributed by atoms with Gasteiger partial charge < -0.3 is 10.1 Å². The fourth-order valence-electron chi connectivity index (χ4n) is 4.28. The van der Waals surface area contributed by atoms with Gasteiger partial charge in [0, 0.05) is 48.2 Å². The van der Waals surface area contributed by atoms with Crippen molar-refractivity contribution >= 4 is 54.1 Å². The third-order valence-electron chi connectivity index (χ3n) is 6.50. The highest BCUT2D eigenvalue weighted by molar-refractivity contribution is 6.30. The second-order valence-corrected chi connectivity index (χ2v) is 9.91. The number of nitrogens with one attached hydrogen (secondary N) is 3. The molecule has 0 fully saturated rings. The number of halogens is 1. The van der Waals surface area contributed by atoms with Crippen molar-refractivity contribution in [2.45, 2.75) is 25.9 Å². The number of methoxy groups -OCH3 is 1. The number of aryl methyl sites for hydroxylation is 1. The van der Waals surface area contributed by atoms with Crippen molar-refractivity contribution in [3.8, 4) is 11.1 Å². The fraction of sp³-hybridized carbons (Fsp3) is 0.167. The van der Waals surface area contributed by atoms with Gasteiger partial charge in [-0.05, 0) is 61.0 Å². The first-order valence-electron chi connectivity index (χ1n) is 13.6. The van der Waals surface area contributed by atoms with E-state index in [1.54, 1.807) is 59.3 Å². The van der Waals surface area contributed by atoms with Crippen molar-refractivity contribution in [2.75, 3.05) is 17.4 Å². The molecule has 0 saturated heterocycles. The summed E-state index contributed by atoms with van der Waals surface area (Å²) in [7, 11) is 1.26. The number of aromatic amines is 1. The molecule has 15 heteroatoms. The topological polar surface area (TPSA) is 185 Å². The molecule has 1 atom stereocenters. The standard InChI is InChI=1S/C30H31ClN10O4/c1-4-40-14-13-23(39-40)16-25(36-28(42)12-7-20-15-21(31)8-11-27(20)41(32)18-34-33-2)26-17-24(29(43)38-37-26)19-5-9-22(10-6-19)35-30(44)45-3/h5-15,17-18,25H,2,4,16,32H2,1,3H3,(H,35,44)(H,36,42)(H,38,43)/b12-7+,34-18-/t25-/m0/s1. The van der Waals surface area contributed by atoms with Gasteiger partial charge in [-0.1, -0.05) is 23.7 Å². The lowest BCUT2D eigenvalue weighted by molar-refractivity contribution is -0.117. The van der Waals surface area contributed by atoms with Crippen LogP contribution >= 0.6 is 11.6 Å². The number of ether oxygens (including phenoxy) is 1. The molecule has 2 amide bonds. The molecule has 232 valence electrons. The first kappa shape index (κ1) is 32.3. The lowest BCUT2D eigenvalue weighted by atomic mass is 10.0. The Bertz CT molecular complexity index is 1780. The molecule has 4 aromatic rings. The van der Waals surface area contributed by atoms with Gasteiger partial charge in [0.15, 0.2) is 0 Å². The largest absolute Gasteiger partial charge is 0.453 e. The number of nitrogens with two attached hydrogens (primary N) is 1. The number of carbonyl (C=O) groups excluding carboxylic acids is 2. The molecule has 2 aromatic heterocycles. The van der Waals surface area contributed by atoms with Crippen LogP contribution in [0, 0.1) is 0 Å². The highest BCUT2D eigenvalue weighted by Gasteiger charge is 2.20. The van der Waals surface area contributed by atoms with Crippen LogP contribution in [0.25, 0.3) is 17.2 Å². The molecule has 0 aliphatic rings.